The smallest absolute Gasteiger partial charge is 0.306 e. The molecule has 0 atom stereocenters. The highest BCUT2D eigenvalue weighted by Crippen LogP contribution is 2.30. The molecule has 146 valence electrons. The molecular weight excluding hydrogens is 364 g/mol. The predicted octanol–water partition coefficient (Wildman–Crippen LogP) is 3.76. The minimum absolute atomic E-state index is 0.0680. The summed E-state index contributed by atoms with van der Waals surface area (Å²) in [5.41, 5.74) is -0.140. The van der Waals surface area contributed by atoms with Crippen LogP contribution >= 0.6 is 0 Å². The van der Waals surface area contributed by atoms with Crippen molar-refractivity contribution in [2.45, 2.75) is 31.7 Å². The van der Waals surface area contributed by atoms with Crippen LogP contribution in [0.5, 0.6) is 11.5 Å². The summed E-state index contributed by atoms with van der Waals surface area (Å²) in [7, 11) is 0. The SMILES string of the molecule is O=C(NC1CCC(C(=O)O)CC1)c1cc([N+](=O)[O-])ccc1Oc1ccccc1. The van der Waals surface area contributed by atoms with Gasteiger partial charge in [0.05, 0.1) is 16.4 Å². The number of nitrogens with one attached hydrogen (secondary N) is 1. The minimum atomic E-state index is -0.818. The Bertz CT molecular complexity index is 876. The molecule has 8 nitrogen and oxygen atoms in total. The van der Waals surface area contributed by atoms with Gasteiger partial charge in [-0.15, -0.1) is 0 Å². The van der Waals surface area contributed by atoms with Crippen LogP contribution in [0.4, 0.5) is 5.69 Å². The van der Waals surface area contributed by atoms with Crippen molar-refractivity contribution >= 4 is 17.6 Å². The van der Waals surface area contributed by atoms with E-state index in [1.807, 2.05) is 6.07 Å². The van der Waals surface area contributed by atoms with Gasteiger partial charge >= 0.3 is 5.97 Å². The van der Waals surface area contributed by atoms with Gasteiger partial charge in [-0.05, 0) is 43.9 Å². The Morgan fingerprint density at radius 2 is 1.75 bits per heavy atom. The first-order chi connectivity index (χ1) is 13.4. The predicted molar refractivity (Wildman–Crippen MR) is 100 cm³/mol. The van der Waals surface area contributed by atoms with Gasteiger partial charge in [-0.2, -0.15) is 0 Å². The number of nitrogens with zero attached hydrogens (tertiary/aromatic N) is 1. The van der Waals surface area contributed by atoms with Gasteiger partial charge in [0.1, 0.15) is 11.5 Å². The van der Waals surface area contributed by atoms with Crippen molar-refractivity contribution in [2.75, 3.05) is 0 Å². The van der Waals surface area contributed by atoms with Crippen molar-refractivity contribution in [1.29, 1.82) is 0 Å². The molecule has 8 heteroatoms. The van der Waals surface area contributed by atoms with E-state index in [0.717, 1.165) is 0 Å². The third kappa shape index (κ3) is 4.64. The second kappa shape index (κ2) is 8.51. The van der Waals surface area contributed by atoms with Crippen LogP contribution in [0.1, 0.15) is 36.0 Å². The van der Waals surface area contributed by atoms with Gasteiger partial charge in [0.2, 0.25) is 0 Å². The fourth-order valence-electron chi connectivity index (χ4n) is 3.26. The molecule has 3 rings (SSSR count). The van der Waals surface area contributed by atoms with Crippen LogP contribution in [0, 0.1) is 16.0 Å². The number of aliphatic carboxylic acids is 1. The maximum absolute atomic E-state index is 12.8. The Labute approximate surface area is 161 Å². The van der Waals surface area contributed by atoms with Crippen LogP contribution in [-0.2, 0) is 4.79 Å². The molecule has 0 aromatic heterocycles. The Morgan fingerprint density at radius 3 is 2.36 bits per heavy atom. The second-order valence-electron chi connectivity index (χ2n) is 6.71. The van der Waals surface area contributed by atoms with E-state index in [0.29, 0.717) is 31.4 Å². The van der Waals surface area contributed by atoms with E-state index in [4.69, 9.17) is 9.84 Å². The van der Waals surface area contributed by atoms with Crippen molar-refractivity contribution in [2.24, 2.45) is 5.92 Å². The van der Waals surface area contributed by atoms with Gasteiger partial charge in [-0.25, -0.2) is 0 Å². The molecule has 0 bridgehead atoms. The summed E-state index contributed by atoms with van der Waals surface area (Å²) in [5, 5.41) is 23.0. The molecule has 2 aromatic carbocycles. The molecule has 2 aromatic rings. The van der Waals surface area contributed by atoms with E-state index in [9.17, 15) is 19.7 Å². The summed E-state index contributed by atoms with van der Waals surface area (Å²) in [6.07, 6.45) is 2.07. The fraction of sp³-hybridized carbons (Fsp3) is 0.300. The average molecular weight is 384 g/mol. The molecule has 0 radical (unpaired) electrons. The largest absolute Gasteiger partial charge is 0.481 e. The Balaban J connectivity index is 1.78. The molecule has 0 spiro atoms. The van der Waals surface area contributed by atoms with Gasteiger partial charge in [0.15, 0.2) is 0 Å². The lowest BCUT2D eigenvalue weighted by Crippen LogP contribution is -2.38. The highest BCUT2D eigenvalue weighted by atomic mass is 16.6. The fourth-order valence-corrected chi connectivity index (χ4v) is 3.26. The lowest BCUT2D eigenvalue weighted by molar-refractivity contribution is -0.384. The molecular formula is C20H20N2O6. The maximum Gasteiger partial charge on any atom is 0.306 e. The monoisotopic (exact) mass is 384 g/mol. The molecule has 0 saturated heterocycles. The number of hydrogen-bond acceptors (Lipinski definition) is 5. The molecule has 1 fully saturated rings. The molecule has 2 N–H and O–H groups in total. The first kappa shape index (κ1) is 19.3. The summed E-state index contributed by atoms with van der Waals surface area (Å²) in [6.45, 7) is 0. The standard InChI is InChI=1S/C20H20N2O6/c23-19(21-14-8-6-13(7-9-14)20(24)25)17-12-15(22(26)27)10-11-18(17)28-16-4-2-1-3-5-16/h1-5,10-14H,6-9H2,(H,21,23)(H,24,25). The van der Waals surface area contributed by atoms with Gasteiger partial charge in [0, 0.05) is 18.2 Å². The Hall–Kier alpha value is -3.42. The summed E-state index contributed by atoms with van der Waals surface area (Å²) >= 11 is 0. The van der Waals surface area contributed by atoms with E-state index in [-0.39, 0.29) is 29.0 Å². The zero-order valence-corrected chi connectivity index (χ0v) is 15.0. The average Bonchev–Trinajstić information content (AvgIpc) is 2.69. The third-order valence-corrected chi connectivity index (χ3v) is 4.80. The third-order valence-electron chi connectivity index (χ3n) is 4.80. The number of para-hydroxylation sites is 1. The summed E-state index contributed by atoms with van der Waals surface area (Å²) in [6, 6.07) is 12.5. The summed E-state index contributed by atoms with van der Waals surface area (Å²) in [5.74, 6) is -0.959. The molecule has 1 aliphatic carbocycles. The maximum atomic E-state index is 12.8. The quantitative estimate of drug-likeness (QED) is 0.578. The number of nitro groups is 1. The van der Waals surface area contributed by atoms with Crippen LogP contribution in [-0.4, -0.2) is 27.9 Å². The number of rotatable bonds is 6. The molecule has 28 heavy (non-hydrogen) atoms. The number of nitro benzene ring substituents is 1. The van der Waals surface area contributed by atoms with Crippen LogP contribution in [0.3, 0.4) is 0 Å². The van der Waals surface area contributed by atoms with Gasteiger partial charge < -0.3 is 15.2 Å². The number of ether oxygens (including phenoxy) is 1. The first-order valence-corrected chi connectivity index (χ1v) is 8.99. The number of carboxylic acids is 1. The molecule has 0 aliphatic heterocycles. The number of carboxylic acid groups (broad SMARTS) is 1. The number of hydrogen-bond donors (Lipinski definition) is 2. The molecule has 1 aliphatic rings. The summed E-state index contributed by atoms with van der Waals surface area (Å²) < 4.78 is 5.74. The van der Waals surface area contributed by atoms with Crippen LogP contribution in [0.2, 0.25) is 0 Å². The molecule has 1 amide bonds. The minimum Gasteiger partial charge on any atom is -0.481 e. The lowest BCUT2D eigenvalue weighted by atomic mass is 9.86. The number of benzene rings is 2. The van der Waals surface area contributed by atoms with Crippen molar-refractivity contribution < 1.29 is 24.4 Å². The van der Waals surface area contributed by atoms with Crippen molar-refractivity contribution in [3.63, 3.8) is 0 Å². The Kier molecular flexibility index (Phi) is 5.88. The van der Waals surface area contributed by atoms with Crippen molar-refractivity contribution in [3.05, 3.63) is 64.2 Å². The van der Waals surface area contributed by atoms with E-state index >= 15 is 0 Å². The molecule has 0 unspecified atom stereocenters. The van der Waals surface area contributed by atoms with Crippen LogP contribution in [0.25, 0.3) is 0 Å². The van der Waals surface area contributed by atoms with Gasteiger partial charge in [0.25, 0.3) is 11.6 Å². The first-order valence-electron chi connectivity index (χ1n) is 8.99. The molecule has 1 saturated carbocycles. The highest BCUT2D eigenvalue weighted by molar-refractivity contribution is 5.98. The van der Waals surface area contributed by atoms with E-state index in [1.165, 1.54) is 18.2 Å². The summed E-state index contributed by atoms with van der Waals surface area (Å²) in [4.78, 5) is 34.4. The van der Waals surface area contributed by atoms with Gasteiger partial charge in [-0.3, -0.25) is 19.7 Å². The highest BCUT2D eigenvalue weighted by Gasteiger charge is 2.28. The topological polar surface area (TPSA) is 119 Å². The van der Waals surface area contributed by atoms with Gasteiger partial charge in [-0.1, -0.05) is 18.2 Å². The second-order valence-corrected chi connectivity index (χ2v) is 6.71. The number of amides is 1. The zero-order chi connectivity index (χ0) is 20.1. The van der Waals surface area contributed by atoms with E-state index < -0.39 is 16.8 Å². The number of carbonyl (C=O) groups excluding carboxylic acids is 1. The molecule has 0 heterocycles. The lowest BCUT2D eigenvalue weighted by Gasteiger charge is -2.27. The normalized spacial score (nSPS) is 18.9. The van der Waals surface area contributed by atoms with Crippen LogP contribution < -0.4 is 10.1 Å². The van der Waals surface area contributed by atoms with E-state index in [1.54, 1.807) is 24.3 Å². The van der Waals surface area contributed by atoms with Crippen molar-refractivity contribution in [1.82, 2.24) is 5.32 Å². The van der Waals surface area contributed by atoms with E-state index in [2.05, 4.69) is 5.32 Å². The number of non-ortho nitro benzene ring substituents is 1. The zero-order valence-electron chi connectivity index (χ0n) is 15.0. The van der Waals surface area contributed by atoms with Crippen LogP contribution in [0.15, 0.2) is 48.5 Å². The van der Waals surface area contributed by atoms with Crippen molar-refractivity contribution in [3.8, 4) is 11.5 Å². The Morgan fingerprint density at radius 1 is 1.07 bits per heavy atom. The number of carbonyl (C=O) groups is 2.